The first-order valence-electron chi connectivity index (χ1n) is 21.0. The first-order valence-corrected chi connectivity index (χ1v) is 21.0. The zero-order chi connectivity index (χ0) is 39.7. The Kier molecular flexibility index (Phi) is 12.1. The van der Waals surface area contributed by atoms with E-state index in [1.165, 1.54) is 127 Å². The molecule has 0 spiro atoms. The zero-order valence-electron chi connectivity index (χ0n) is 33.5. The first-order chi connectivity index (χ1) is 27.6. The highest BCUT2D eigenvalue weighted by molar-refractivity contribution is 5.89. The van der Waals surface area contributed by atoms with Gasteiger partial charge >= 0.3 is 11.9 Å². The molecule has 8 fully saturated rings. The Balaban J connectivity index is 0.000000146. The molecule has 4 unspecified atom stereocenters. The molecule has 7 nitrogen and oxygen atoms in total. The number of esters is 2. The van der Waals surface area contributed by atoms with E-state index in [9.17, 15) is 14.7 Å². The normalized spacial score (nSPS) is 31.7. The fourth-order valence-corrected chi connectivity index (χ4v) is 13.3. The molecule has 0 heterocycles. The maximum Gasteiger partial charge on any atom is 0.337 e. The van der Waals surface area contributed by atoms with Crippen molar-refractivity contribution in [3.05, 3.63) is 131 Å². The van der Waals surface area contributed by atoms with Gasteiger partial charge in [0.2, 0.25) is 0 Å². The van der Waals surface area contributed by atoms with E-state index in [-0.39, 0.29) is 24.6 Å². The van der Waals surface area contributed by atoms with E-state index in [0.29, 0.717) is 34.0 Å². The van der Waals surface area contributed by atoms with Crippen LogP contribution in [0.1, 0.15) is 116 Å². The molecule has 0 aromatic heterocycles. The van der Waals surface area contributed by atoms with Gasteiger partial charge in [0.25, 0.3) is 0 Å². The second-order valence-electron chi connectivity index (χ2n) is 18.7. The lowest BCUT2D eigenvalue weighted by molar-refractivity contribution is -0.0960. The average Bonchev–Trinajstić information content (AvgIpc) is 3.23. The van der Waals surface area contributed by atoms with Gasteiger partial charge in [-0.2, -0.15) is 0 Å². The van der Waals surface area contributed by atoms with Gasteiger partial charge in [0.15, 0.2) is 0 Å². The predicted octanol–water partition coefficient (Wildman–Crippen LogP) is 10.7. The van der Waals surface area contributed by atoms with Crippen molar-refractivity contribution in [1.82, 2.24) is 0 Å². The highest BCUT2D eigenvalue weighted by Crippen LogP contribution is 2.67. The van der Waals surface area contributed by atoms with Crippen LogP contribution in [0.3, 0.4) is 0 Å². The predicted molar refractivity (Wildman–Crippen MR) is 227 cm³/mol. The summed E-state index contributed by atoms with van der Waals surface area (Å²) in [6, 6.07) is 35.5. The lowest BCUT2D eigenvalue weighted by Crippen LogP contribution is -2.55. The fraction of sp³-hybridized carbons (Fsp3) is 0.490. The van der Waals surface area contributed by atoms with Crippen molar-refractivity contribution in [3.8, 4) is 11.5 Å². The maximum absolute atomic E-state index is 11.6. The molecule has 0 saturated heterocycles. The molecule has 4 aromatic rings. The molecule has 0 aliphatic heterocycles. The summed E-state index contributed by atoms with van der Waals surface area (Å²) in [5.41, 5.74) is 5.38. The van der Waals surface area contributed by atoms with Crippen LogP contribution in [0.15, 0.2) is 109 Å². The number of rotatable bonds is 8. The number of aromatic hydroxyl groups is 1. The number of benzene rings is 4. The molecule has 0 amide bonds. The summed E-state index contributed by atoms with van der Waals surface area (Å²) in [6.45, 7) is 1.20. The molecule has 58 heavy (non-hydrogen) atoms. The topological polar surface area (TPSA) is 102 Å². The third kappa shape index (κ3) is 8.43. The van der Waals surface area contributed by atoms with Crippen molar-refractivity contribution in [2.75, 3.05) is 27.4 Å². The molecular weight excluding hydrogens is 725 g/mol. The Morgan fingerprint density at radius 3 is 1.38 bits per heavy atom. The van der Waals surface area contributed by atoms with Gasteiger partial charge in [0, 0.05) is 12.0 Å². The lowest BCUT2D eigenvalue weighted by Gasteiger charge is -2.62. The number of methoxy groups -OCH3 is 2. The SMILES string of the molecule is C.COC(=O)c1ccc(O)cc1.COC(=O)c1ccc(OCC23CC4CC(C2)CC(c2ccccc2)(C4)C3)cc1.OCC12CC3CC(C1)CC(c1ccccc1)(C3)C2. The number of phenols is 1. The zero-order valence-corrected chi connectivity index (χ0v) is 33.5. The largest absolute Gasteiger partial charge is 0.508 e. The molecule has 4 aromatic carbocycles. The molecule has 7 heteroatoms. The molecule has 8 bridgehead atoms. The molecule has 8 aliphatic rings. The van der Waals surface area contributed by atoms with Crippen molar-refractivity contribution in [2.24, 2.45) is 34.5 Å². The third-order valence-corrected chi connectivity index (χ3v) is 14.6. The highest BCUT2D eigenvalue weighted by atomic mass is 16.5. The minimum Gasteiger partial charge on any atom is -0.508 e. The van der Waals surface area contributed by atoms with Crippen LogP contribution in [0, 0.1) is 34.5 Å². The van der Waals surface area contributed by atoms with Crippen molar-refractivity contribution in [3.63, 3.8) is 0 Å². The number of aliphatic hydroxyl groups is 1. The van der Waals surface area contributed by atoms with Crippen molar-refractivity contribution < 1.29 is 34.0 Å². The van der Waals surface area contributed by atoms with Crippen molar-refractivity contribution in [2.45, 2.75) is 95.3 Å². The molecule has 308 valence electrons. The number of hydrogen-bond acceptors (Lipinski definition) is 7. The Labute approximate surface area is 345 Å². The number of hydrogen-bond donors (Lipinski definition) is 2. The smallest absolute Gasteiger partial charge is 0.337 e. The van der Waals surface area contributed by atoms with E-state index in [1.807, 2.05) is 12.1 Å². The summed E-state index contributed by atoms with van der Waals surface area (Å²) in [7, 11) is 2.72. The van der Waals surface area contributed by atoms with Crippen molar-refractivity contribution >= 4 is 11.9 Å². The van der Waals surface area contributed by atoms with Crippen LogP contribution < -0.4 is 4.74 Å². The minimum atomic E-state index is -0.398. The van der Waals surface area contributed by atoms with Gasteiger partial charge in [0.1, 0.15) is 11.5 Å². The van der Waals surface area contributed by atoms with Crippen LogP contribution in [-0.4, -0.2) is 49.6 Å². The van der Waals surface area contributed by atoms with Gasteiger partial charge in [-0.05, 0) is 177 Å². The number of aliphatic hydroxyl groups excluding tert-OH is 1. The van der Waals surface area contributed by atoms with E-state index in [1.54, 1.807) is 12.1 Å². The Morgan fingerprint density at radius 1 is 0.569 bits per heavy atom. The van der Waals surface area contributed by atoms with E-state index in [0.717, 1.165) is 36.0 Å². The molecular formula is C51H62O7. The summed E-state index contributed by atoms with van der Waals surface area (Å²) in [5.74, 6) is 3.70. The van der Waals surface area contributed by atoms with E-state index < -0.39 is 5.97 Å². The highest BCUT2D eigenvalue weighted by Gasteiger charge is 2.59. The Bertz CT molecular complexity index is 1960. The van der Waals surface area contributed by atoms with E-state index >= 15 is 0 Å². The standard InChI is InChI=1S/C25H28O3.C17H22O.C8H8O3.CH4/c1-27-23(26)20-7-9-22(10-8-20)28-17-24-12-18-11-19(13-24)15-25(14-18,16-24)21-5-3-2-4-6-21;18-12-16-7-13-6-14(8-16)10-17(9-13,11-16)15-4-2-1-3-5-15;1-11-8(10)6-2-4-7(9)5-3-6;/h2-10,18-19H,11-17H2,1H3;1-5,13-14,18H,6-12H2;2-5,9H,1H3;1H4. The summed E-state index contributed by atoms with van der Waals surface area (Å²) < 4.78 is 15.5. The average molecular weight is 787 g/mol. The second-order valence-corrected chi connectivity index (χ2v) is 18.7. The number of carbonyl (C=O) groups excluding carboxylic acids is 2. The summed E-state index contributed by atoms with van der Waals surface area (Å²) >= 11 is 0. The Morgan fingerprint density at radius 2 is 0.966 bits per heavy atom. The number of ether oxygens (including phenoxy) is 3. The quantitative estimate of drug-likeness (QED) is 0.171. The summed E-state index contributed by atoms with van der Waals surface area (Å²) in [5, 5.41) is 18.8. The maximum atomic E-state index is 11.6. The summed E-state index contributed by atoms with van der Waals surface area (Å²) in [6.07, 6.45) is 15.9. The van der Waals surface area contributed by atoms with E-state index in [4.69, 9.17) is 14.6 Å². The molecule has 8 aliphatic carbocycles. The molecule has 12 rings (SSSR count). The molecule has 2 N–H and O–H groups in total. The van der Waals surface area contributed by atoms with E-state index in [2.05, 4.69) is 65.4 Å². The van der Waals surface area contributed by atoms with Gasteiger partial charge in [-0.25, -0.2) is 9.59 Å². The van der Waals surface area contributed by atoms with Gasteiger partial charge in [-0.1, -0.05) is 68.1 Å². The number of carbonyl (C=O) groups is 2. The lowest BCUT2D eigenvalue weighted by atomic mass is 9.43. The van der Waals surface area contributed by atoms with Crippen LogP contribution in [-0.2, 0) is 20.3 Å². The fourth-order valence-electron chi connectivity index (χ4n) is 13.3. The first kappa shape index (κ1) is 41.5. The van der Waals surface area contributed by atoms with Crippen molar-refractivity contribution in [1.29, 1.82) is 0 Å². The van der Waals surface area contributed by atoms with Crippen LogP contribution >= 0.6 is 0 Å². The summed E-state index contributed by atoms with van der Waals surface area (Å²) in [4.78, 5) is 22.4. The van der Waals surface area contributed by atoms with Crippen LogP contribution in [0.4, 0.5) is 0 Å². The van der Waals surface area contributed by atoms with Crippen LogP contribution in [0.5, 0.6) is 11.5 Å². The van der Waals surface area contributed by atoms with Gasteiger partial charge in [-0.15, -0.1) is 0 Å². The van der Waals surface area contributed by atoms with Crippen LogP contribution in [0.2, 0.25) is 0 Å². The molecule has 0 radical (unpaired) electrons. The molecule has 8 saturated carbocycles. The monoisotopic (exact) mass is 786 g/mol. The van der Waals surface area contributed by atoms with Gasteiger partial charge < -0.3 is 24.4 Å². The number of phenolic OH excluding ortho intramolecular Hbond substituents is 1. The third-order valence-electron chi connectivity index (χ3n) is 14.6. The second kappa shape index (κ2) is 16.9. The van der Waals surface area contributed by atoms with Gasteiger partial charge in [0.05, 0.1) is 32.0 Å². The van der Waals surface area contributed by atoms with Crippen LogP contribution in [0.25, 0.3) is 0 Å². The Hall–Kier alpha value is -4.62. The van der Waals surface area contributed by atoms with Gasteiger partial charge in [-0.3, -0.25) is 0 Å². The minimum absolute atomic E-state index is 0. The molecule has 4 atom stereocenters.